The van der Waals surface area contributed by atoms with Gasteiger partial charge in [0.05, 0.1) is 0 Å². The summed E-state index contributed by atoms with van der Waals surface area (Å²) in [4.78, 5) is 11.2. The number of hydrogen-bond acceptors (Lipinski definition) is 7. The molecule has 1 heterocycles. The van der Waals surface area contributed by atoms with Crippen LogP contribution in [0.3, 0.4) is 0 Å². The molecule has 0 atom stereocenters. The molecule has 0 radical (unpaired) electrons. The Morgan fingerprint density at radius 2 is 2.25 bits per heavy atom. The van der Waals surface area contributed by atoms with Crippen molar-refractivity contribution in [3.63, 3.8) is 0 Å². The second-order valence-corrected chi connectivity index (χ2v) is 6.08. The number of nitrogens with one attached hydrogen (secondary N) is 1. The third-order valence-corrected chi connectivity index (χ3v) is 4.24. The smallest absolute Gasteiger partial charge is 0.220 e. The fourth-order valence-electron chi connectivity index (χ4n) is 1.99. The van der Waals surface area contributed by atoms with Gasteiger partial charge >= 0.3 is 0 Å². The highest BCUT2D eigenvalue weighted by Gasteiger charge is 2.18. The number of hydrogen-bond donors (Lipinski definition) is 2. The van der Waals surface area contributed by atoms with Crippen LogP contribution in [-0.4, -0.2) is 39.9 Å². The van der Waals surface area contributed by atoms with E-state index in [-0.39, 0.29) is 23.9 Å². The van der Waals surface area contributed by atoms with Gasteiger partial charge in [-0.05, 0) is 34.4 Å². The predicted molar refractivity (Wildman–Crippen MR) is 86.9 cm³/mol. The number of rotatable bonds is 7. The second-order valence-electron chi connectivity index (χ2n) is 5.00. The highest BCUT2D eigenvalue weighted by Crippen LogP contribution is 2.22. The normalized spacial score (nSPS) is 11.5. The molecule has 0 saturated carbocycles. The van der Waals surface area contributed by atoms with Crippen LogP contribution in [0.1, 0.15) is 23.2 Å². The van der Waals surface area contributed by atoms with Crippen molar-refractivity contribution in [3.8, 4) is 0 Å². The van der Waals surface area contributed by atoms with Crippen molar-refractivity contribution in [1.82, 2.24) is 15.6 Å². The van der Waals surface area contributed by atoms with Gasteiger partial charge in [-0.25, -0.2) is 9.02 Å². The average Bonchev–Trinajstić information content (AvgIpc) is 3.04. The van der Waals surface area contributed by atoms with E-state index >= 15 is 0 Å². The first-order valence-electron chi connectivity index (χ1n) is 7.17. The lowest BCUT2D eigenvalue weighted by atomic mass is 10.0. The summed E-state index contributed by atoms with van der Waals surface area (Å²) in [6.45, 7) is 1.66. The fourth-order valence-corrected chi connectivity index (χ4v) is 2.85. The van der Waals surface area contributed by atoms with Gasteiger partial charge in [0.15, 0.2) is 10.7 Å². The molecule has 1 amide bonds. The molecule has 2 N–H and O–H groups in total. The number of benzene rings is 1. The third-order valence-electron chi connectivity index (χ3n) is 3.29. The summed E-state index contributed by atoms with van der Waals surface area (Å²) in [5.41, 5.74) is 1.83. The zero-order valence-corrected chi connectivity index (χ0v) is 14.1. The van der Waals surface area contributed by atoms with Gasteiger partial charge < -0.3 is 10.5 Å². The van der Waals surface area contributed by atoms with Crippen molar-refractivity contribution in [2.24, 2.45) is 5.16 Å². The van der Waals surface area contributed by atoms with Gasteiger partial charge in [0, 0.05) is 25.6 Å². The van der Waals surface area contributed by atoms with Crippen molar-refractivity contribution < 1.29 is 19.0 Å². The van der Waals surface area contributed by atoms with E-state index in [1.807, 2.05) is 0 Å². The molecule has 1 aromatic heterocycles. The number of halogens is 1. The van der Waals surface area contributed by atoms with Crippen LogP contribution in [0.4, 0.5) is 4.39 Å². The molecule has 0 saturated heterocycles. The Kier molecular flexibility index (Phi) is 6.30. The highest BCUT2D eigenvalue weighted by atomic mass is 32.2. The van der Waals surface area contributed by atoms with Crippen LogP contribution in [0.2, 0.25) is 0 Å². The summed E-state index contributed by atoms with van der Waals surface area (Å²) in [6.07, 6.45) is 0.561. The van der Waals surface area contributed by atoms with Crippen molar-refractivity contribution in [2.45, 2.75) is 24.8 Å². The van der Waals surface area contributed by atoms with Crippen molar-refractivity contribution in [1.29, 1.82) is 0 Å². The summed E-state index contributed by atoms with van der Waals surface area (Å²) in [5, 5.41) is 23.1. The minimum Gasteiger partial charge on any atom is -0.411 e. The number of carbonyl (C=O) groups is 1. The van der Waals surface area contributed by atoms with Crippen molar-refractivity contribution in [3.05, 3.63) is 40.8 Å². The fraction of sp³-hybridized carbons (Fsp3) is 0.333. The molecule has 0 aliphatic heterocycles. The number of amides is 1. The Morgan fingerprint density at radius 3 is 2.92 bits per heavy atom. The number of oxime groups is 1. The molecule has 9 heteroatoms. The molecule has 0 spiro atoms. The Morgan fingerprint density at radius 1 is 1.46 bits per heavy atom. The zero-order valence-electron chi connectivity index (χ0n) is 13.2. The van der Waals surface area contributed by atoms with Crippen LogP contribution in [-0.2, 0) is 11.2 Å². The number of carbonyl (C=O) groups excluding carboxylic acids is 1. The Bertz CT molecular complexity index is 748. The van der Waals surface area contributed by atoms with Gasteiger partial charge in [0.25, 0.3) is 0 Å². The molecule has 128 valence electrons. The maximum absolute atomic E-state index is 13.3. The molecule has 0 bridgehead atoms. The molecule has 0 aliphatic carbocycles. The summed E-state index contributed by atoms with van der Waals surface area (Å²) in [6, 6.07) is 4.64. The van der Waals surface area contributed by atoms with Crippen LogP contribution in [0.5, 0.6) is 0 Å². The Hall–Kier alpha value is -2.42. The number of aromatic nitrogens is 2. The second kappa shape index (κ2) is 8.44. The van der Waals surface area contributed by atoms with E-state index in [0.29, 0.717) is 28.5 Å². The van der Waals surface area contributed by atoms with Crippen LogP contribution in [0, 0.1) is 12.7 Å². The van der Waals surface area contributed by atoms with Gasteiger partial charge in [-0.2, -0.15) is 0 Å². The predicted octanol–water partition coefficient (Wildman–Crippen LogP) is 2.17. The van der Waals surface area contributed by atoms with Crippen LogP contribution < -0.4 is 5.32 Å². The molecule has 2 rings (SSSR count). The molecule has 0 fully saturated rings. The Labute approximate surface area is 142 Å². The quantitative estimate of drug-likeness (QED) is 0.343. The largest absolute Gasteiger partial charge is 0.411 e. The topological polar surface area (TPSA) is 101 Å². The molecule has 7 nitrogen and oxygen atoms in total. The molecular formula is C15H17FN4O3S. The standard InChI is InChI=1S/C15H17FN4O3S/c1-9-7-10(3-4-11(9)16)8-12(18-22)14-15(20-23-19-14)24-6-5-13(21)17-2/h3-4,7,22H,5-6,8H2,1-2H3,(H,17,21)/b18-12+. The minimum absolute atomic E-state index is 0.0849. The molecule has 0 aliphatic rings. The van der Waals surface area contributed by atoms with Gasteiger partial charge in [0.2, 0.25) is 5.91 Å². The van der Waals surface area contributed by atoms with E-state index in [1.54, 1.807) is 26.1 Å². The summed E-state index contributed by atoms with van der Waals surface area (Å²) in [5.74, 6) is 0.100. The van der Waals surface area contributed by atoms with Gasteiger partial charge in [-0.3, -0.25) is 4.79 Å². The van der Waals surface area contributed by atoms with Crippen molar-refractivity contribution >= 4 is 23.4 Å². The maximum atomic E-state index is 13.3. The third kappa shape index (κ3) is 4.54. The molecule has 1 aromatic carbocycles. The SMILES string of the molecule is CNC(=O)CCSc1nonc1/C(Cc1ccc(F)c(C)c1)=N/O. The lowest BCUT2D eigenvalue weighted by Crippen LogP contribution is -2.17. The van der Waals surface area contributed by atoms with E-state index in [0.717, 1.165) is 5.56 Å². The monoisotopic (exact) mass is 352 g/mol. The maximum Gasteiger partial charge on any atom is 0.220 e. The highest BCUT2D eigenvalue weighted by molar-refractivity contribution is 7.99. The van der Waals surface area contributed by atoms with Gasteiger partial charge in [0.1, 0.15) is 11.5 Å². The minimum atomic E-state index is -0.296. The summed E-state index contributed by atoms with van der Waals surface area (Å²) < 4.78 is 18.1. The van der Waals surface area contributed by atoms with Crippen molar-refractivity contribution in [2.75, 3.05) is 12.8 Å². The van der Waals surface area contributed by atoms with E-state index in [4.69, 9.17) is 4.63 Å². The van der Waals surface area contributed by atoms with E-state index in [1.165, 1.54) is 17.8 Å². The first kappa shape index (κ1) is 17.9. The first-order chi connectivity index (χ1) is 11.5. The summed E-state index contributed by atoms with van der Waals surface area (Å²) >= 11 is 1.28. The van der Waals surface area contributed by atoms with Crippen LogP contribution in [0.25, 0.3) is 0 Å². The van der Waals surface area contributed by atoms with Crippen LogP contribution >= 0.6 is 11.8 Å². The molecule has 24 heavy (non-hydrogen) atoms. The Balaban J connectivity index is 2.09. The van der Waals surface area contributed by atoms with Gasteiger partial charge in [-0.15, -0.1) is 11.8 Å². The molecular weight excluding hydrogens is 335 g/mol. The average molecular weight is 352 g/mol. The molecule has 2 aromatic rings. The number of thioether (sulfide) groups is 1. The number of aryl methyl sites for hydroxylation is 1. The molecule has 0 unspecified atom stereocenters. The lowest BCUT2D eigenvalue weighted by Gasteiger charge is -2.05. The zero-order chi connectivity index (χ0) is 17.5. The lowest BCUT2D eigenvalue weighted by molar-refractivity contribution is -0.120. The summed E-state index contributed by atoms with van der Waals surface area (Å²) in [7, 11) is 1.57. The van der Waals surface area contributed by atoms with Gasteiger partial charge in [-0.1, -0.05) is 17.3 Å². The van der Waals surface area contributed by atoms with Crippen LogP contribution in [0.15, 0.2) is 33.0 Å². The number of nitrogens with zero attached hydrogens (tertiary/aromatic N) is 3. The van der Waals surface area contributed by atoms with E-state index in [9.17, 15) is 14.4 Å². The first-order valence-corrected chi connectivity index (χ1v) is 8.16. The van der Waals surface area contributed by atoms with E-state index in [2.05, 4.69) is 20.8 Å². The van der Waals surface area contributed by atoms with E-state index < -0.39 is 0 Å².